The van der Waals surface area contributed by atoms with E-state index in [0.717, 1.165) is 11.1 Å². The maximum absolute atomic E-state index is 13.3. The van der Waals surface area contributed by atoms with E-state index in [-0.39, 0.29) is 35.9 Å². The highest BCUT2D eigenvalue weighted by Crippen LogP contribution is 2.40. The van der Waals surface area contributed by atoms with Gasteiger partial charge in [-0.05, 0) is 16.7 Å². The smallest absolute Gasteiger partial charge is 0.327 e. The summed E-state index contributed by atoms with van der Waals surface area (Å²) in [4.78, 5) is 57.8. The van der Waals surface area contributed by atoms with Gasteiger partial charge in [0.05, 0.1) is 30.1 Å². The van der Waals surface area contributed by atoms with Gasteiger partial charge in [0.2, 0.25) is 0 Å². The lowest BCUT2D eigenvalue weighted by atomic mass is 9.84. The number of aromatic amines is 2. The third-order valence-corrected chi connectivity index (χ3v) is 6.78. The number of benzene rings is 3. The topological polar surface area (TPSA) is 122 Å². The van der Waals surface area contributed by atoms with E-state index in [4.69, 9.17) is 0 Å². The number of hydrogen-bond acceptors (Lipinski definition) is 5. The third-order valence-electron chi connectivity index (χ3n) is 6.78. The summed E-state index contributed by atoms with van der Waals surface area (Å²) in [6, 6.07) is 27.9. The van der Waals surface area contributed by atoms with Crippen molar-refractivity contribution in [2.45, 2.75) is 19.0 Å². The first-order valence-electron chi connectivity index (χ1n) is 12.1. The van der Waals surface area contributed by atoms with Crippen molar-refractivity contribution >= 4 is 11.6 Å². The summed E-state index contributed by atoms with van der Waals surface area (Å²) in [6.45, 7) is 0.351. The molecule has 188 valence electrons. The second kappa shape index (κ2) is 9.36. The molecular weight excluding hydrogens is 482 g/mol. The summed E-state index contributed by atoms with van der Waals surface area (Å²) < 4.78 is 2.87. The Bertz CT molecular complexity index is 1750. The van der Waals surface area contributed by atoms with Crippen LogP contribution in [-0.2, 0) is 13.1 Å². The van der Waals surface area contributed by atoms with E-state index in [1.165, 1.54) is 9.13 Å². The van der Waals surface area contributed by atoms with Crippen LogP contribution in [0.2, 0.25) is 0 Å². The first kappa shape index (κ1) is 23.2. The SMILES string of the molecule is O=c1[nH]c(=O)n(Cc2ccccc2)c2c1C(c1ccccc1)c1c(n(Cc3ccccc3)c(=O)[nH]c1=O)N2. The molecule has 0 fully saturated rings. The van der Waals surface area contributed by atoms with Crippen molar-refractivity contribution in [3.8, 4) is 0 Å². The fraction of sp³-hybridized carbons (Fsp3) is 0.103. The van der Waals surface area contributed by atoms with Gasteiger partial charge in [0.1, 0.15) is 11.6 Å². The van der Waals surface area contributed by atoms with Gasteiger partial charge in [0.25, 0.3) is 11.1 Å². The van der Waals surface area contributed by atoms with Gasteiger partial charge < -0.3 is 5.32 Å². The largest absolute Gasteiger partial charge is 0.330 e. The first-order chi connectivity index (χ1) is 18.5. The average Bonchev–Trinajstić information content (AvgIpc) is 2.94. The Balaban J connectivity index is 1.65. The van der Waals surface area contributed by atoms with Gasteiger partial charge >= 0.3 is 11.4 Å². The standard InChI is InChI=1S/C29H23N5O4/c35-26-22-21(20-14-8-3-9-15-20)23-25(34(29(38)32-27(23)36)17-19-12-6-2-7-13-19)30-24(22)33(28(37)31-26)16-18-10-4-1-5-11-18/h1-15,21,30H,16-17H2,(H,31,35,37)(H,32,36,38). The number of rotatable bonds is 5. The van der Waals surface area contributed by atoms with Crippen LogP contribution in [0.5, 0.6) is 0 Å². The van der Waals surface area contributed by atoms with Crippen LogP contribution in [0.15, 0.2) is 110 Å². The zero-order valence-electron chi connectivity index (χ0n) is 20.2. The molecule has 0 saturated carbocycles. The van der Waals surface area contributed by atoms with Crippen LogP contribution in [0.1, 0.15) is 33.7 Å². The van der Waals surface area contributed by atoms with Gasteiger partial charge in [0, 0.05) is 0 Å². The van der Waals surface area contributed by atoms with Gasteiger partial charge in [-0.1, -0.05) is 91.0 Å². The van der Waals surface area contributed by atoms with Crippen LogP contribution in [0, 0.1) is 0 Å². The Hall–Kier alpha value is -5.18. The van der Waals surface area contributed by atoms with Gasteiger partial charge in [0.15, 0.2) is 0 Å². The predicted molar refractivity (Wildman–Crippen MR) is 144 cm³/mol. The summed E-state index contributed by atoms with van der Waals surface area (Å²) in [5.41, 5.74) is 0.458. The second-order valence-corrected chi connectivity index (χ2v) is 9.16. The average molecular weight is 506 g/mol. The molecule has 0 aliphatic carbocycles. The Morgan fingerprint density at radius 2 is 0.947 bits per heavy atom. The molecule has 0 spiro atoms. The molecule has 0 radical (unpaired) electrons. The molecule has 0 bridgehead atoms. The lowest BCUT2D eigenvalue weighted by Crippen LogP contribution is -2.43. The van der Waals surface area contributed by atoms with Crippen LogP contribution in [-0.4, -0.2) is 19.1 Å². The lowest BCUT2D eigenvalue weighted by molar-refractivity contribution is 0.673. The molecule has 3 heterocycles. The van der Waals surface area contributed by atoms with Crippen LogP contribution in [0.4, 0.5) is 11.6 Å². The number of nitrogens with zero attached hydrogens (tertiary/aromatic N) is 2. The van der Waals surface area contributed by atoms with Crippen molar-refractivity contribution < 1.29 is 0 Å². The maximum atomic E-state index is 13.3. The molecule has 3 aromatic carbocycles. The molecular formula is C29H23N5O4. The molecule has 38 heavy (non-hydrogen) atoms. The van der Waals surface area contributed by atoms with Crippen molar-refractivity contribution in [3.63, 3.8) is 0 Å². The summed E-state index contributed by atoms with van der Waals surface area (Å²) in [7, 11) is 0. The van der Waals surface area contributed by atoms with E-state index < -0.39 is 28.4 Å². The summed E-state index contributed by atoms with van der Waals surface area (Å²) in [5.74, 6) is -0.327. The molecule has 1 aliphatic heterocycles. The fourth-order valence-corrected chi connectivity index (χ4v) is 5.05. The maximum Gasteiger partial charge on any atom is 0.330 e. The lowest BCUT2D eigenvalue weighted by Gasteiger charge is -2.31. The highest BCUT2D eigenvalue weighted by Gasteiger charge is 2.36. The predicted octanol–water partition coefficient (Wildman–Crippen LogP) is 2.72. The van der Waals surface area contributed by atoms with Gasteiger partial charge in [-0.15, -0.1) is 0 Å². The number of fused-ring (bicyclic) bond motifs is 2. The Kier molecular flexibility index (Phi) is 5.72. The fourth-order valence-electron chi connectivity index (χ4n) is 5.05. The van der Waals surface area contributed by atoms with Gasteiger partial charge in [-0.3, -0.25) is 28.7 Å². The summed E-state index contributed by atoms with van der Waals surface area (Å²) >= 11 is 0. The molecule has 9 heteroatoms. The Labute approximate surface area is 215 Å². The number of H-pyrrole nitrogens is 2. The molecule has 0 unspecified atom stereocenters. The van der Waals surface area contributed by atoms with E-state index in [1.807, 2.05) is 91.0 Å². The summed E-state index contributed by atoms with van der Waals surface area (Å²) in [6.07, 6.45) is 0. The molecule has 5 aromatic rings. The van der Waals surface area contributed by atoms with Crippen molar-refractivity contribution in [2.75, 3.05) is 5.32 Å². The Morgan fingerprint density at radius 1 is 0.553 bits per heavy atom. The van der Waals surface area contributed by atoms with E-state index in [1.54, 1.807) is 0 Å². The number of hydrogen-bond donors (Lipinski definition) is 3. The minimum atomic E-state index is -0.819. The third kappa shape index (κ3) is 4.00. The first-order valence-corrected chi connectivity index (χ1v) is 12.1. The van der Waals surface area contributed by atoms with Crippen LogP contribution < -0.4 is 27.8 Å². The van der Waals surface area contributed by atoms with Gasteiger partial charge in [-0.25, -0.2) is 9.59 Å². The van der Waals surface area contributed by atoms with E-state index in [2.05, 4.69) is 15.3 Å². The normalized spacial score (nSPS) is 12.4. The molecule has 2 aromatic heterocycles. The summed E-state index contributed by atoms with van der Waals surface area (Å²) in [5, 5.41) is 3.17. The van der Waals surface area contributed by atoms with Crippen molar-refractivity contribution in [3.05, 3.63) is 160 Å². The van der Waals surface area contributed by atoms with E-state index >= 15 is 0 Å². The van der Waals surface area contributed by atoms with Crippen molar-refractivity contribution in [1.82, 2.24) is 19.1 Å². The minimum absolute atomic E-state index is 0.175. The number of nitrogens with one attached hydrogen (secondary N) is 3. The zero-order valence-corrected chi connectivity index (χ0v) is 20.2. The van der Waals surface area contributed by atoms with Crippen LogP contribution in [0.25, 0.3) is 0 Å². The number of aromatic nitrogens is 4. The molecule has 0 saturated heterocycles. The highest BCUT2D eigenvalue weighted by atomic mass is 16.2. The minimum Gasteiger partial charge on any atom is -0.327 e. The molecule has 6 rings (SSSR count). The van der Waals surface area contributed by atoms with Crippen LogP contribution >= 0.6 is 0 Å². The van der Waals surface area contributed by atoms with Gasteiger partial charge in [-0.2, -0.15) is 0 Å². The Morgan fingerprint density at radius 3 is 1.37 bits per heavy atom. The van der Waals surface area contributed by atoms with E-state index in [9.17, 15) is 19.2 Å². The van der Waals surface area contributed by atoms with E-state index in [0.29, 0.717) is 5.56 Å². The quantitative estimate of drug-likeness (QED) is 0.333. The van der Waals surface area contributed by atoms with Crippen LogP contribution in [0.3, 0.4) is 0 Å². The molecule has 0 atom stereocenters. The molecule has 1 aliphatic rings. The molecule has 3 N–H and O–H groups in total. The second-order valence-electron chi connectivity index (χ2n) is 9.16. The van der Waals surface area contributed by atoms with Crippen molar-refractivity contribution in [1.29, 1.82) is 0 Å². The molecule has 0 amide bonds. The number of anilines is 2. The van der Waals surface area contributed by atoms with Crippen molar-refractivity contribution in [2.24, 2.45) is 0 Å². The highest BCUT2D eigenvalue weighted by molar-refractivity contribution is 5.70. The monoisotopic (exact) mass is 505 g/mol. The zero-order chi connectivity index (χ0) is 26.2. The molecule has 9 nitrogen and oxygen atoms in total.